The summed E-state index contributed by atoms with van der Waals surface area (Å²) in [5, 5.41) is 6.49. The number of carbonyl (C=O) groups is 1. The molecule has 0 radical (unpaired) electrons. The molecule has 0 aliphatic carbocycles. The van der Waals surface area contributed by atoms with Crippen LogP contribution in [-0.2, 0) is 14.9 Å². The van der Waals surface area contributed by atoms with Crippen molar-refractivity contribution in [3.8, 4) is 0 Å². The fraction of sp³-hybridized carbons (Fsp3) is 0.600. The molecule has 6 nitrogen and oxygen atoms in total. The highest BCUT2D eigenvalue weighted by molar-refractivity contribution is 14.0. The van der Waals surface area contributed by atoms with E-state index in [1.165, 1.54) is 11.0 Å². The third-order valence-corrected chi connectivity index (χ3v) is 4.14. The van der Waals surface area contributed by atoms with Crippen molar-refractivity contribution in [1.82, 2.24) is 15.5 Å². The quantitative estimate of drug-likeness (QED) is 0.221. The lowest BCUT2D eigenvalue weighted by atomic mass is 9.84. The molecule has 0 spiro atoms. The lowest BCUT2D eigenvalue weighted by Crippen LogP contribution is -2.44. The molecule has 2 N–H and O–H groups in total. The van der Waals surface area contributed by atoms with Gasteiger partial charge in [0.15, 0.2) is 5.96 Å². The predicted molar refractivity (Wildman–Crippen MR) is 123 cm³/mol. The summed E-state index contributed by atoms with van der Waals surface area (Å²) in [6.45, 7) is 8.68. The largest absolute Gasteiger partial charge is 0.382 e. The zero-order valence-electron chi connectivity index (χ0n) is 17.5. The Morgan fingerprint density at radius 3 is 2.61 bits per heavy atom. The maximum Gasteiger partial charge on any atom is 0.243 e. The van der Waals surface area contributed by atoms with E-state index in [0.717, 1.165) is 12.0 Å². The zero-order valence-corrected chi connectivity index (χ0v) is 19.9. The number of likely N-dealkylation sites (N-methyl/N-ethyl adjacent to an activating group) is 1. The summed E-state index contributed by atoms with van der Waals surface area (Å²) in [4.78, 5) is 17.7. The molecule has 1 amide bonds. The molecule has 8 heteroatoms. The van der Waals surface area contributed by atoms with Gasteiger partial charge in [-0.2, -0.15) is 0 Å². The fourth-order valence-electron chi connectivity index (χ4n) is 2.30. The number of aliphatic imine (C=N–C) groups is 1. The highest BCUT2D eigenvalue weighted by atomic mass is 127. The van der Waals surface area contributed by atoms with Crippen LogP contribution >= 0.6 is 24.0 Å². The minimum absolute atomic E-state index is 0. The van der Waals surface area contributed by atoms with Crippen molar-refractivity contribution in [3.63, 3.8) is 0 Å². The van der Waals surface area contributed by atoms with E-state index in [9.17, 15) is 9.18 Å². The van der Waals surface area contributed by atoms with E-state index in [0.29, 0.717) is 32.3 Å². The standard InChI is InChI=1S/C20H33FN4O2.HI/c1-6-27-12-8-11-22-19(23-14-18(26)25(4)5)24-15-20(2,3)16-9-7-10-17(21)13-16;/h7,9-10,13H,6,8,11-12,14-15H2,1-5H3,(H2,22,23,24);1H. The van der Waals surface area contributed by atoms with Crippen LogP contribution in [0.15, 0.2) is 29.3 Å². The number of guanidine groups is 1. The molecule has 1 rings (SSSR count). The lowest BCUT2D eigenvalue weighted by Gasteiger charge is -2.27. The first-order valence-electron chi connectivity index (χ1n) is 9.32. The number of benzene rings is 1. The topological polar surface area (TPSA) is 66.0 Å². The number of hydrogen-bond acceptors (Lipinski definition) is 3. The minimum atomic E-state index is -0.304. The fourth-order valence-corrected chi connectivity index (χ4v) is 2.30. The summed E-state index contributed by atoms with van der Waals surface area (Å²) < 4.78 is 18.9. The molecule has 0 aliphatic heterocycles. The van der Waals surface area contributed by atoms with Gasteiger partial charge in [-0.15, -0.1) is 24.0 Å². The molecule has 0 fully saturated rings. The Labute approximate surface area is 185 Å². The van der Waals surface area contributed by atoms with Gasteiger partial charge in [-0.1, -0.05) is 26.0 Å². The Morgan fingerprint density at radius 1 is 1.29 bits per heavy atom. The summed E-state index contributed by atoms with van der Waals surface area (Å²) in [6, 6.07) is 6.60. The van der Waals surface area contributed by atoms with Crippen molar-refractivity contribution >= 4 is 35.8 Å². The second-order valence-corrected chi connectivity index (χ2v) is 7.18. The number of nitrogens with one attached hydrogen (secondary N) is 2. The molecule has 0 aromatic heterocycles. The SMILES string of the molecule is CCOCCCNC(=NCC(=O)N(C)C)NCC(C)(C)c1cccc(F)c1.I. The molecular formula is C20H34FIN4O2. The Kier molecular flexibility index (Phi) is 13.0. The third kappa shape index (κ3) is 10.2. The van der Waals surface area contributed by atoms with Crippen LogP contribution in [0.3, 0.4) is 0 Å². The van der Waals surface area contributed by atoms with Gasteiger partial charge in [-0.05, 0) is 31.0 Å². The van der Waals surface area contributed by atoms with Crippen LogP contribution in [0.5, 0.6) is 0 Å². The second-order valence-electron chi connectivity index (χ2n) is 7.18. The first-order chi connectivity index (χ1) is 12.8. The zero-order chi connectivity index (χ0) is 20.3. The van der Waals surface area contributed by atoms with Crippen molar-refractivity contribution in [2.75, 3.05) is 46.9 Å². The highest BCUT2D eigenvalue weighted by Gasteiger charge is 2.21. The number of hydrogen-bond donors (Lipinski definition) is 2. The number of carbonyl (C=O) groups excluding carboxylic acids is 1. The molecule has 28 heavy (non-hydrogen) atoms. The number of nitrogens with zero attached hydrogens (tertiary/aromatic N) is 2. The molecule has 160 valence electrons. The van der Waals surface area contributed by atoms with E-state index < -0.39 is 0 Å². The normalized spacial score (nSPS) is 11.6. The molecule has 0 saturated heterocycles. The molecule has 0 saturated carbocycles. The van der Waals surface area contributed by atoms with Gasteiger partial charge in [-0.25, -0.2) is 9.38 Å². The van der Waals surface area contributed by atoms with Crippen LogP contribution < -0.4 is 10.6 Å². The average molecular weight is 508 g/mol. The van der Waals surface area contributed by atoms with Crippen LogP contribution in [0.4, 0.5) is 4.39 Å². The van der Waals surface area contributed by atoms with E-state index in [-0.39, 0.29) is 47.7 Å². The molecule has 0 bridgehead atoms. The van der Waals surface area contributed by atoms with Crippen LogP contribution in [0.1, 0.15) is 32.8 Å². The number of halogens is 2. The Balaban J connectivity index is 0.00000729. The summed E-state index contributed by atoms with van der Waals surface area (Å²) in [5.41, 5.74) is 0.594. The molecule has 1 aromatic rings. The van der Waals surface area contributed by atoms with Gasteiger partial charge < -0.3 is 20.3 Å². The summed E-state index contributed by atoms with van der Waals surface area (Å²) in [6.07, 6.45) is 0.837. The molecule has 0 unspecified atom stereocenters. The van der Waals surface area contributed by atoms with Crippen LogP contribution in [0, 0.1) is 5.82 Å². The van der Waals surface area contributed by atoms with E-state index in [2.05, 4.69) is 15.6 Å². The van der Waals surface area contributed by atoms with Crippen molar-refractivity contribution in [2.24, 2.45) is 4.99 Å². The van der Waals surface area contributed by atoms with Crippen LogP contribution in [0.2, 0.25) is 0 Å². The maximum absolute atomic E-state index is 13.5. The minimum Gasteiger partial charge on any atom is -0.382 e. The van der Waals surface area contributed by atoms with Gasteiger partial charge in [0.1, 0.15) is 12.4 Å². The Bertz CT molecular complexity index is 624. The van der Waals surface area contributed by atoms with E-state index in [1.54, 1.807) is 26.2 Å². The number of ether oxygens (including phenoxy) is 1. The third-order valence-electron chi connectivity index (χ3n) is 4.14. The van der Waals surface area contributed by atoms with Crippen LogP contribution in [0.25, 0.3) is 0 Å². The Hall–Kier alpha value is -1.42. The summed E-state index contributed by atoms with van der Waals surface area (Å²) in [5.74, 6) is 0.237. The summed E-state index contributed by atoms with van der Waals surface area (Å²) >= 11 is 0. The monoisotopic (exact) mass is 508 g/mol. The smallest absolute Gasteiger partial charge is 0.243 e. The lowest BCUT2D eigenvalue weighted by molar-refractivity contribution is -0.127. The molecule has 0 heterocycles. The van der Waals surface area contributed by atoms with E-state index in [4.69, 9.17) is 4.74 Å². The van der Waals surface area contributed by atoms with Gasteiger partial charge >= 0.3 is 0 Å². The van der Waals surface area contributed by atoms with Gasteiger partial charge in [0.2, 0.25) is 5.91 Å². The molecule has 0 aliphatic rings. The van der Waals surface area contributed by atoms with Crippen molar-refractivity contribution in [2.45, 2.75) is 32.6 Å². The first kappa shape index (κ1) is 26.6. The van der Waals surface area contributed by atoms with Crippen molar-refractivity contribution < 1.29 is 13.9 Å². The number of amides is 1. The second kappa shape index (κ2) is 13.7. The first-order valence-corrected chi connectivity index (χ1v) is 9.32. The molecular weight excluding hydrogens is 474 g/mol. The van der Waals surface area contributed by atoms with Crippen molar-refractivity contribution in [1.29, 1.82) is 0 Å². The van der Waals surface area contributed by atoms with Crippen LogP contribution in [-0.4, -0.2) is 63.7 Å². The van der Waals surface area contributed by atoms with Gasteiger partial charge in [0, 0.05) is 45.8 Å². The average Bonchev–Trinajstić information content (AvgIpc) is 2.62. The highest BCUT2D eigenvalue weighted by Crippen LogP contribution is 2.22. The van der Waals surface area contributed by atoms with Crippen molar-refractivity contribution in [3.05, 3.63) is 35.6 Å². The Morgan fingerprint density at radius 2 is 2.00 bits per heavy atom. The molecule has 0 atom stereocenters. The maximum atomic E-state index is 13.5. The van der Waals surface area contributed by atoms with E-state index in [1.807, 2.05) is 26.8 Å². The molecule has 1 aromatic carbocycles. The van der Waals surface area contributed by atoms with Gasteiger partial charge in [-0.3, -0.25) is 4.79 Å². The number of rotatable bonds is 10. The predicted octanol–water partition coefficient (Wildman–Crippen LogP) is 2.77. The van der Waals surface area contributed by atoms with Gasteiger partial charge in [0.05, 0.1) is 0 Å². The van der Waals surface area contributed by atoms with Gasteiger partial charge in [0.25, 0.3) is 0 Å². The summed E-state index contributed by atoms with van der Waals surface area (Å²) in [7, 11) is 3.40. The van der Waals surface area contributed by atoms with E-state index >= 15 is 0 Å².